The third-order valence-electron chi connectivity index (χ3n) is 6.51. The molecule has 3 aromatic rings. The normalized spacial score (nSPS) is 16.4. The van der Waals surface area contributed by atoms with Crippen LogP contribution in [0.25, 0.3) is 10.9 Å². The third-order valence-corrected chi connectivity index (χ3v) is 6.51. The number of Topliss-reactive ketones (excluding diaryl/α,β-unsaturated/α-hetero) is 1. The molecule has 0 amide bonds. The van der Waals surface area contributed by atoms with Gasteiger partial charge in [0.1, 0.15) is 5.82 Å². The summed E-state index contributed by atoms with van der Waals surface area (Å²) in [6.45, 7) is 4.43. The van der Waals surface area contributed by atoms with Crippen molar-refractivity contribution in [3.8, 4) is 0 Å². The van der Waals surface area contributed by atoms with Crippen molar-refractivity contribution in [2.24, 2.45) is 13.0 Å². The van der Waals surface area contributed by atoms with Crippen LogP contribution < -0.4 is 0 Å². The van der Waals surface area contributed by atoms with Crippen molar-refractivity contribution in [3.63, 3.8) is 0 Å². The first-order valence-corrected chi connectivity index (χ1v) is 10.6. The monoisotopic (exact) mass is 428 g/mol. The van der Waals surface area contributed by atoms with Crippen molar-refractivity contribution in [2.75, 3.05) is 13.1 Å². The Balaban J connectivity index is 0.00000256. The van der Waals surface area contributed by atoms with Crippen molar-refractivity contribution < 1.29 is 9.18 Å². The maximum atomic E-state index is 13.7. The number of ketones is 1. The highest BCUT2D eigenvalue weighted by Crippen LogP contribution is 2.30. The van der Waals surface area contributed by atoms with Crippen molar-refractivity contribution in [3.05, 3.63) is 71.7 Å². The van der Waals surface area contributed by atoms with Crippen LogP contribution in [0.5, 0.6) is 0 Å². The van der Waals surface area contributed by atoms with E-state index in [4.69, 9.17) is 0 Å². The molecule has 1 saturated heterocycles. The van der Waals surface area contributed by atoms with Crippen LogP contribution in [-0.4, -0.2) is 28.3 Å². The van der Waals surface area contributed by atoms with E-state index < -0.39 is 0 Å². The molecule has 1 fully saturated rings. The first-order chi connectivity index (χ1) is 14.0. The van der Waals surface area contributed by atoms with Gasteiger partial charge < -0.3 is 4.57 Å². The second-order valence-corrected chi connectivity index (χ2v) is 8.34. The molecular formula is C25H30ClFN2O. The van der Waals surface area contributed by atoms with E-state index >= 15 is 0 Å². The number of carbonyl (C=O) groups is 1. The summed E-state index contributed by atoms with van der Waals surface area (Å²) < 4.78 is 15.6. The number of benzene rings is 2. The maximum Gasteiger partial charge on any atom is 0.165 e. The molecule has 1 aliphatic heterocycles. The van der Waals surface area contributed by atoms with E-state index in [2.05, 4.69) is 42.2 Å². The molecule has 0 saturated carbocycles. The molecule has 30 heavy (non-hydrogen) atoms. The van der Waals surface area contributed by atoms with E-state index in [0.29, 0.717) is 23.9 Å². The van der Waals surface area contributed by atoms with Gasteiger partial charge in [0.05, 0.1) is 0 Å². The predicted octanol–water partition coefficient (Wildman–Crippen LogP) is 6.18. The minimum atomic E-state index is -0.294. The van der Waals surface area contributed by atoms with E-state index in [0.717, 1.165) is 43.3 Å². The van der Waals surface area contributed by atoms with Crippen LogP contribution in [0, 0.1) is 11.7 Å². The highest BCUT2D eigenvalue weighted by atomic mass is 35.5. The Morgan fingerprint density at radius 1 is 1.13 bits per heavy atom. The molecule has 1 atom stereocenters. The van der Waals surface area contributed by atoms with Crippen molar-refractivity contribution in [1.82, 2.24) is 9.47 Å². The van der Waals surface area contributed by atoms with Crippen LogP contribution in [-0.2, 0) is 7.05 Å². The van der Waals surface area contributed by atoms with Gasteiger partial charge in [-0.25, -0.2) is 4.39 Å². The quantitative estimate of drug-likeness (QED) is 0.438. The average molecular weight is 429 g/mol. The summed E-state index contributed by atoms with van der Waals surface area (Å²) in [4.78, 5) is 15.4. The molecule has 0 N–H and O–H groups in total. The Hall–Kier alpha value is -2.17. The summed E-state index contributed by atoms with van der Waals surface area (Å²) in [5, 5.41) is 0.726. The smallest absolute Gasteiger partial charge is 0.165 e. The Labute approximate surface area is 184 Å². The van der Waals surface area contributed by atoms with Crippen LogP contribution in [0.1, 0.15) is 54.6 Å². The number of carbonyl (C=O) groups excluding carboxylic acids is 1. The summed E-state index contributed by atoms with van der Waals surface area (Å²) in [5.74, 6) is 0.420. The molecule has 1 aromatic heterocycles. The molecule has 0 spiro atoms. The van der Waals surface area contributed by atoms with Crippen LogP contribution >= 0.6 is 12.4 Å². The lowest BCUT2D eigenvalue weighted by atomic mass is 9.89. The number of likely N-dealkylation sites (tertiary alicyclic amines) is 1. The fourth-order valence-corrected chi connectivity index (χ4v) is 4.63. The minimum absolute atomic E-state index is 0. The summed E-state index contributed by atoms with van der Waals surface area (Å²) >= 11 is 0. The molecule has 2 aromatic carbocycles. The number of fused-ring (bicyclic) bond motifs is 1. The maximum absolute atomic E-state index is 13.7. The molecule has 160 valence electrons. The van der Waals surface area contributed by atoms with Crippen LogP contribution in [0.3, 0.4) is 0 Å². The second-order valence-electron chi connectivity index (χ2n) is 8.34. The third kappa shape index (κ3) is 4.76. The van der Waals surface area contributed by atoms with Crippen LogP contribution in [0.2, 0.25) is 0 Å². The number of aromatic nitrogens is 1. The molecule has 0 radical (unpaired) electrons. The molecule has 1 aliphatic rings. The number of rotatable bonds is 6. The van der Waals surface area contributed by atoms with Crippen LogP contribution in [0.15, 0.2) is 54.7 Å². The minimum Gasteiger partial charge on any atom is -0.350 e. The number of hydrogen-bond donors (Lipinski definition) is 0. The van der Waals surface area contributed by atoms with Crippen LogP contribution in [0.4, 0.5) is 4.39 Å². The van der Waals surface area contributed by atoms with Gasteiger partial charge in [0.15, 0.2) is 5.78 Å². The number of nitrogens with zero attached hydrogens (tertiary/aromatic N) is 2. The predicted molar refractivity (Wildman–Crippen MR) is 123 cm³/mol. The standard InChI is InChI=1S/C25H29FN2O.ClH/c1-18(20-6-4-3-5-7-20)28-14-12-19(13-15-28)8-11-25(29)23-17-27(2)24-10-9-21(26)16-22(23)24;/h3-7,9-10,16-19H,8,11-15H2,1-2H3;1H. The summed E-state index contributed by atoms with van der Waals surface area (Å²) in [6.07, 6.45) is 5.56. The van der Waals surface area contributed by atoms with Gasteiger partial charge in [0.2, 0.25) is 0 Å². The highest BCUT2D eigenvalue weighted by molar-refractivity contribution is 6.08. The summed E-state index contributed by atoms with van der Waals surface area (Å²) in [6, 6.07) is 15.8. The number of hydrogen-bond acceptors (Lipinski definition) is 2. The number of aryl methyl sites for hydroxylation is 1. The Kier molecular flexibility index (Phi) is 7.32. The summed E-state index contributed by atoms with van der Waals surface area (Å²) in [5.41, 5.74) is 2.92. The molecular weight excluding hydrogens is 399 g/mol. The van der Waals surface area contributed by atoms with Gasteiger partial charge in [-0.05, 0) is 69.0 Å². The van der Waals surface area contributed by atoms with E-state index in [9.17, 15) is 9.18 Å². The molecule has 4 rings (SSSR count). The van der Waals surface area contributed by atoms with Gasteiger partial charge in [-0.15, -0.1) is 12.4 Å². The summed E-state index contributed by atoms with van der Waals surface area (Å²) in [7, 11) is 1.90. The lowest BCUT2D eigenvalue weighted by molar-refractivity contribution is 0.0953. The van der Waals surface area contributed by atoms with Crippen molar-refractivity contribution in [2.45, 2.75) is 38.6 Å². The first kappa shape index (κ1) is 22.5. The van der Waals surface area contributed by atoms with Gasteiger partial charge in [0, 0.05) is 42.2 Å². The number of halogens is 2. The lowest BCUT2D eigenvalue weighted by Crippen LogP contribution is -2.35. The molecule has 1 unspecified atom stereocenters. The zero-order valence-electron chi connectivity index (χ0n) is 17.7. The zero-order chi connectivity index (χ0) is 20.4. The fraction of sp³-hybridized carbons (Fsp3) is 0.400. The van der Waals surface area contributed by atoms with Gasteiger partial charge in [-0.2, -0.15) is 0 Å². The molecule has 0 bridgehead atoms. The molecule has 3 nitrogen and oxygen atoms in total. The first-order valence-electron chi connectivity index (χ1n) is 10.6. The highest BCUT2D eigenvalue weighted by Gasteiger charge is 2.24. The molecule has 0 aliphatic carbocycles. The number of piperidine rings is 1. The van der Waals surface area contributed by atoms with E-state index in [-0.39, 0.29) is 24.0 Å². The second kappa shape index (κ2) is 9.76. The van der Waals surface area contributed by atoms with E-state index in [1.165, 1.54) is 17.7 Å². The van der Waals surface area contributed by atoms with Crippen molar-refractivity contribution >= 4 is 29.1 Å². The zero-order valence-corrected chi connectivity index (χ0v) is 18.5. The Morgan fingerprint density at radius 2 is 1.83 bits per heavy atom. The van der Waals surface area contributed by atoms with Gasteiger partial charge in [-0.1, -0.05) is 30.3 Å². The average Bonchev–Trinajstić information content (AvgIpc) is 3.08. The Bertz CT molecular complexity index is 993. The largest absolute Gasteiger partial charge is 0.350 e. The van der Waals surface area contributed by atoms with Gasteiger partial charge >= 0.3 is 0 Å². The van der Waals surface area contributed by atoms with E-state index in [1.54, 1.807) is 6.07 Å². The molecule has 2 heterocycles. The topological polar surface area (TPSA) is 25.2 Å². The fourth-order valence-electron chi connectivity index (χ4n) is 4.63. The lowest BCUT2D eigenvalue weighted by Gasteiger charge is -2.36. The van der Waals surface area contributed by atoms with E-state index in [1.807, 2.05) is 17.8 Å². The Morgan fingerprint density at radius 3 is 2.53 bits per heavy atom. The van der Waals surface area contributed by atoms with Crippen molar-refractivity contribution in [1.29, 1.82) is 0 Å². The SMILES string of the molecule is CC(c1ccccc1)N1CCC(CCC(=O)c2cn(C)c3ccc(F)cc23)CC1.Cl. The van der Waals surface area contributed by atoms with Gasteiger partial charge in [0.25, 0.3) is 0 Å². The molecule has 5 heteroatoms. The van der Waals surface area contributed by atoms with Gasteiger partial charge in [-0.3, -0.25) is 9.69 Å².